The van der Waals surface area contributed by atoms with Crippen molar-refractivity contribution in [2.75, 3.05) is 7.11 Å². The van der Waals surface area contributed by atoms with Crippen LogP contribution < -0.4 is 0 Å². The van der Waals surface area contributed by atoms with E-state index in [0.717, 1.165) is 23.6 Å². The number of halogens is 1. The average Bonchev–Trinajstić information content (AvgIpc) is 2.19. The number of aryl methyl sites for hydroxylation is 1. The summed E-state index contributed by atoms with van der Waals surface area (Å²) in [6, 6.07) is 1.89. The highest BCUT2D eigenvalue weighted by atomic mass is 35.5. The van der Waals surface area contributed by atoms with Crippen LogP contribution in [0.2, 0.25) is 0 Å². The van der Waals surface area contributed by atoms with E-state index in [4.69, 9.17) is 16.3 Å². The molecule has 0 N–H and O–H groups in total. The first kappa shape index (κ1) is 11.4. The van der Waals surface area contributed by atoms with Crippen LogP contribution in [0.3, 0.4) is 0 Å². The number of methoxy groups -OCH3 is 1. The summed E-state index contributed by atoms with van der Waals surface area (Å²) < 4.78 is 5.27. The molecule has 0 spiro atoms. The molecule has 4 heteroatoms. The Morgan fingerprint density at radius 2 is 2.21 bits per heavy atom. The van der Waals surface area contributed by atoms with Crippen molar-refractivity contribution in [2.45, 2.75) is 32.3 Å². The molecule has 1 rings (SSSR count). The van der Waals surface area contributed by atoms with Gasteiger partial charge in [-0.15, -0.1) is 11.6 Å². The van der Waals surface area contributed by atoms with Crippen molar-refractivity contribution in [3.63, 3.8) is 0 Å². The predicted octanol–water partition coefficient (Wildman–Crippen LogP) is 2.62. The molecule has 0 saturated heterocycles. The summed E-state index contributed by atoms with van der Waals surface area (Å²) in [6.45, 7) is 3.98. The van der Waals surface area contributed by atoms with Gasteiger partial charge in [0.1, 0.15) is 6.10 Å². The number of ether oxygens (including phenoxy) is 1. The molecule has 0 aromatic carbocycles. The first-order valence-electron chi connectivity index (χ1n) is 4.64. The van der Waals surface area contributed by atoms with Crippen LogP contribution in [-0.4, -0.2) is 17.1 Å². The summed E-state index contributed by atoms with van der Waals surface area (Å²) in [7, 11) is 1.67. The van der Waals surface area contributed by atoms with Gasteiger partial charge in [-0.2, -0.15) is 0 Å². The third-order valence-corrected chi connectivity index (χ3v) is 2.28. The van der Waals surface area contributed by atoms with Crippen LogP contribution in [0.15, 0.2) is 6.07 Å². The molecule has 1 aromatic rings. The smallest absolute Gasteiger partial charge is 0.157 e. The van der Waals surface area contributed by atoms with Gasteiger partial charge in [0.15, 0.2) is 5.82 Å². The number of nitrogens with zero attached hydrogens (tertiary/aromatic N) is 2. The lowest BCUT2D eigenvalue weighted by Gasteiger charge is -2.12. The molecule has 0 fully saturated rings. The molecular weight excluding hydrogens is 200 g/mol. The Kier molecular flexibility index (Phi) is 4.29. The van der Waals surface area contributed by atoms with Crippen LogP contribution in [-0.2, 0) is 10.6 Å². The largest absolute Gasteiger partial charge is 0.373 e. The maximum absolute atomic E-state index is 5.73. The van der Waals surface area contributed by atoms with Gasteiger partial charge in [-0.3, -0.25) is 0 Å². The second kappa shape index (κ2) is 5.27. The lowest BCUT2D eigenvalue weighted by molar-refractivity contribution is 0.0922. The minimum absolute atomic E-state index is 0.0307. The minimum Gasteiger partial charge on any atom is -0.373 e. The molecule has 0 saturated carbocycles. The molecule has 14 heavy (non-hydrogen) atoms. The van der Waals surface area contributed by atoms with E-state index in [1.165, 1.54) is 0 Å². The van der Waals surface area contributed by atoms with Gasteiger partial charge in [0, 0.05) is 12.8 Å². The van der Waals surface area contributed by atoms with Gasteiger partial charge in [-0.25, -0.2) is 9.97 Å². The maximum atomic E-state index is 5.73. The van der Waals surface area contributed by atoms with Crippen molar-refractivity contribution in [1.82, 2.24) is 9.97 Å². The molecule has 1 atom stereocenters. The highest BCUT2D eigenvalue weighted by Gasteiger charge is 2.12. The van der Waals surface area contributed by atoms with Crippen molar-refractivity contribution in [3.05, 3.63) is 23.3 Å². The van der Waals surface area contributed by atoms with Crippen LogP contribution in [0, 0.1) is 6.92 Å². The lowest BCUT2D eigenvalue weighted by Crippen LogP contribution is -2.08. The zero-order valence-electron chi connectivity index (χ0n) is 8.75. The zero-order chi connectivity index (χ0) is 10.6. The van der Waals surface area contributed by atoms with Gasteiger partial charge in [0.2, 0.25) is 0 Å². The van der Waals surface area contributed by atoms with E-state index in [1.807, 2.05) is 19.9 Å². The molecule has 0 aliphatic heterocycles. The molecule has 0 aliphatic rings. The molecule has 1 unspecified atom stereocenters. The van der Waals surface area contributed by atoms with Crippen molar-refractivity contribution in [2.24, 2.45) is 0 Å². The van der Waals surface area contributed by atoms with Crippen molar-refractivity contribution in [3.8, 4) is 0 Å². The zero-order valence-corrected chi connectivity index (χ0v) is 9.51. The van der Waals surface area contributed by atoms with Gasteiger partial charge < -0.3 is 4.74 Å². The van der Waals surface area contributed by atoms with Crippen LogP contribution >= 0.6 is 11.6 Å². The fraction of sp³-hybridized carbons (Fsp3) is 0.600. The molecule has 78 valence electrons. The SMILES string of the molecule is CCC(OC)c1nc(C)cc(CCl)n1. The van der Waals surface area contributed by atoms with Gasteiger partial charge >= 0.3 is 0 Å². The summed E-state index contributed by atoms with van der Waals surface area (Å²) in [5.41, 5.74) is 1.78. The maximum Gasteiger partial charge on any atom is 0.157 e. The van der Waals surface area contributed by atoms with E-state index >= 15 is 0 Å². The topological polar surface area (TPSA) is 35.0 Å². The summed E-state index contributed by atoms with van der Waals surface area (Å²) in [4.78, 5) is 8.66. The summed E-state index contributed by atoms with van der Waals surface area (Å²) >= 11 is 5.73. The summed E-state index contributed by atoms with van der Waals surface area (Å²) in [5.74, 6) is 1.14. The number of hydrogen-bond donors (Lipinski definition) is 0. The highest BCUT2D eigenvalue weighted by molar-refractivity contribution is 6.16. The van der Waals surface area contributed by atoms with Gasteiger partial charge in [-0.05, 0) is 19.4 Å². The van der Waals surface area contributed by atoms with Crippen molar-refractivity contribution >= 4 is 11.6 Å². The molecule has 0 radical (unpaired) electrons. The molecule has 1 aromatic heterocycles. The number of alkyl halides is 1. The summed E-state index contributed by atoms with van der Waals surface area (Å²) in [5, 5.41) is 0. The fourth-order valence-electron chi connectivity index (χ4n) is 1.33. The van der Waals surface area contributed by atoms with Gasteiger partial charge in [0.25, 0.3) is 0 Å². The lowest BCUT2D eigenvalue weighted by atomic mass is 10.2. The molecule has 0 aliphatic carbocycles. The monoisotopic (exact) mass is 214 g/mol. The quantitative estimate of drug-likeness (QED) is 0.723. The standard InChI is InChI=1S/C10H15ClN2O/c1-4-9(14-3)10-12-7(2)5-8(6-11)13-10/h5,9H,4,6H2,1-3H3. The van der Waals surface area contributed by atoms with Gasteiger partial charge in [-0.1, -0.05) is 6.92 Å². The molecule has 3 nitrogen and oxygen atoms in total. The first-order valence-corrected chi connectivity index (χ1v) is 5.18. The Labute approximate surface area is 89.5 Å². The highest BCUT2D eigenvalue weighted by Crippen LogP contribution is 2.17. The third kappa shape index (κ3) is 2.66. The molecular formula is C10H15ClN2O. The second-order valence-electron chi connectivity index (χ2n) is 3.13. The number of hydrogen-bond acceptors (Lipinski definition) is 3. The second-order valence-corrected chi connectivity index (χ2v) is 3.39. The first-order chi connectivity index (χ1) is 6.71. The Morgan fingerprint density at radius 1 is 1.50 bits per heavy atom. The third-order valence-electron chi connectivity index (χ3n) is 2.00. The molecule has 0 bridgehead atoms. The minimum atomic E-state index is -0.0307. The van der Waals surface area contributed by atoms with E-state index in [2.05, 4.69) is 9.97 Å². The Bertz CT molecular complexity index is 300. The number of rotatable bonds is 4. The normalized spacial score (nSPS) is 12.9. The van der Waals surface area contributed by atoms with E-state index in [1.54, 1.807) is 7.11 Å². The molecule has 1 heterocycles. The Balaban J connectivity index is 3.01. The fourth-order valence-corrected chi connectivity index (χ4v) is 1.46. The van der Waals surface area contributed by atoms with Crippen LogP contribution in [0.1, 0.15) is 36.7 Å². The summed E-state index contributed by atoms with van der Waals surface area (Å²) in [6.07, 6.45) is 0.832. The Hall–Kier alpha value is -0.670. The predicted molar refractivity (Wildman–Crippen MR) is 56.4 cm³/mol. The van der Waals surface area contributed by atoms with E-state index in [-0.39, 0.29) is 6.10 Å². The van der Waals surface area contributed by atoms with E-state index in [9.17, 15) is 0 Å². The van der Waals surface area contributed by atoms with Crippen LogP contribution in [0.25, 0.3) is 0 Å². The van der Waals surface area contributed by atoms with E-state index in [0.29, 0.717) is 5.88 Å². The van der Waals surface area contributed by atoms with Crippen molar-refractivity contribution < 1.29 is 4.74 Å². The molecule has 0 amide bonds. The van der Waals surface area contributed by atoms with E-state index < -0.39 is 0 Å². The van der Waals surface area contributed by atoms with Crippen LogP contribution in [0.5, 0.6) is 0 Å². The average molecular weight is 215 g/mol. The van der Waals surface area contributed by atoms with Gasteiger partial charge in [0.05, 0.1) is 11.6 Å². The van der Waals surface area contributed by atoms with Crippen LogP contribution in [0.4, 0.5) is 0 Å². The Morgan fingerprint density at radius 3 is 2.71 bits per heavy atom. The van der Waals surface area contributed by atoms with Crippen molar-refractivity contribution in [1.29, 1.82) is 0 Å². The number of aromatic nitrogens is 2.